The molecule has 0 radical (unpaired) electrons. The van der Waals surface area contributed by atoms with E-state index in [1.807, 2.05) is 11.8 Å². The average molecular weight is 380 g/mol. The van der Waals surface area contributed by atoms with Gasteiger partial charge in [-0.1, -0.05) is 15.9 Å². The first-order valence-electron chi connectivity index (χ1n) is 7.06. The van der Waals surface area contributed by atoms with Gasteiger partial charge in [0, 0.05) is 27.5 Å². The van der Waals surface area contributed by atoms with Gasteiger partial charge in [-0.15, -0.1) is 11.3 Å². The predicted molar refractivity (Wildman–Crippen MR) is 91.3 cm³/mol. The van der Waals surface area contributed by atoms with Gasteiger partial charge in [0.25, 0.3) is 0 Å². The summed E-state index contributed by atoms with van der Waals surface area (Å²) < 4.78 is 14.5. The Kier molecular flexibility index (Phi) is 4.45. The van der Waals surface area contributed by atoms with Gasteiger partial charge in [-0.25, -0.2) is 4.39 Å². The zero-order chi connectivity index (χ0) is 15.7. The van der Waals surface area contributed by atoms with Crippen LogP contribution in [0, 0.1) is 5.82 Å². The molecule has 1 aliphatic rings. The van der Waals surface area contributed by atoms with Crippen molar-refractivity contribution in [2.75, 3.05) is 6.54 Å². The van der Waals surface area contributed by atoms with Gasteiger partial charge in [-0.2, -0.15) is 0 Å². The molecule has 0 saturated carbocycles. The van der Waals surface area contributed by atoms with Crippen LogP contribution in [-0.4, -0.2) is 17.4 Å². The molecule has 0 saturated heterocycles. The number of hydrogen-bond acceptors (Lipinski definition) is 2. The van der Waals surface area contributed by atoms with E-state index in [1.165, 1.54) is 28.7 Å². The van der Waals surface area contributed by atoms with Crippen molar-refractivity contribution < 1.29 is 9.18 Å². The number of benzene rings is 1. The van der Waals surface area contributed by atoms with E-state index in [9.17, 15) is 9.18 Å². The summed E-state index contributed by atoms with van der Waals surface area (Å²) in [7, 11) is 0. The minimum atomic E-state index is -0.334. The molecule has 3 rings (SSSR count). The number of carbonyl (C=O) groups is 1. The number of nitrogens with zero attached hydrogens (tertiary/aromatic N) is 1. The molecule has 1 aromatic heterocycles. The van der Waals surface area contributed by atoms with Gasteiger partial charge in [0.05, 0.1) is 6.04 Å². The Balaban J connectivity index is 1.78. The van der Waals surface area contributed by atoms with Crippen LogP contribution in [0.5, 0.6) is 0 Å². The predicted octanol–water partition coefficient (Wildman–Crippen LogP) is 4.81. The van der Waals surface area contributed by atoms with E-state index < -0.39 is 0 Å². The molecule has 5 heteroatoms. The Labute approximate surface area is 141 Å². The average Bonchev–Trinajstić information content (AvgIpc) is 2.98. The molecule has 1 aliphatic heterocycles. The van der Waals surface area contributed by atoms with Crippen LogP contribution < -0.4 is 0 Å². The zero-order valence-electron chi connectivity index (χ0n) is 12.1. The van der Waals surface area contributed by atoms with Gasteiger partial charge in [-0.3, -0.25) is 4.79 Å². The third-order valence-corrected chi connectivity index (χ3v) is 5.41. The van der Waals surface area contributed by atoms with Crippen molar-refractivity contribution in [2.45, 2.75) is 19.4 Å². The van der Waals surface area contributed by atoms with Crippen LogP contribution in [0.2, 0.25) is 0 Å². The van der Waals surface area contributed by atoms with E-state index in [2.05, 4.69) is 27.4 Å². The van der Waals surface area contributed by atoms with Crippen LogP contribution in [0.4, 0.5) is 4.39 Å². The number of carbonyl (C=O) groups excluding carboxylic acids is 1. The first-order chi connectivity index (χ1) is 10.6. The van der Waals surface area contributed by atoms with E-state index >= 15 is 0 Å². The molecule has 0 N–H and O–H groups in total. The van der Waals surface area contributed by atoms with Gasteiger partial charge in [-0.05, 0) is 54.6 Å². The van der Waals surface area contributed by atoms with Gasteiger partial charge < -0.3 is 4.90 Å². The lowest BCUT2D eigenvalue weighted by molar-refractivity contribution is -0.128. The normalized spacial score (nSPS) is 17.8. The molecule has 0 bridgehead atoms. The topological polar surface area (TPSA) is 20.3 Å². The first-order valence-corrected chi connectivity index (χ1v) is 8.73. The molecule has 0 aliphatic carbocycles. The number of halogens is 2. The fraction of sp³-hybridized carbons (Fsp3) is 0.235. The lowest BCUT2D eigenvalue weighted by Crippen LogP contribution is -2.37. The van der Waals surface area contributed by atoms with Crippen LogP contribution in [0.15, 0.2) is 40.2 Å². The third kappa shape index (κ3) is 3.01. The number of thiophene rings is 1. The van der Waals surface area contributed by atoms with Gasteiger partial charge in [0.15, 0.2) is 0 Å². The highest BCUT2D eigenvalue weighted by atomic mass is 79.9. The van der Waals surface area contributed by atoms with E-state index in [-0.39, 0.29) is 17.8 Å². The van der Waals surface area contributed by atoms with Crippen molar-refractivity contribution in [3.05, 3.63) is 62.0 Å². The van der Waals surface area contributed by atoms with E-state index in [1.54, 1.807) is 23.5 Å². The van der Waals surface area contributed by atoms with Crippen molar-refractivity contribution in [2.24, 2.45) is 0 Å². The summed E-state index contributed by atoms with van der Waals surface area (Å²) in [5.41, 5.74) is 1.63. The molecule has 1 atom stereocenters. The van der Waals surface area contributed by atoms with Crippen molar-refractivity contribution >= 4 is 39.2 Å². The molecule has 2 aromatic rings. The summed E-state index contributed by atoms with van der Waals surface area (Å²) in [6.07, 6.45) is 3.89. The van der Waals surface area contributed by atoms with E-state index in [4.69, 9.17) is 0 Å². The van der Waals surface area contributed by atoms with Crippen LogP contribution in [-0.2, 0) is 11.2 Å². The third-order valence-electron chi connectivity index (χ3n) is 3.92. The lowest BCUT2D eigenvalue weighted by atomic mass is 10.0. The highest BCUT2D eigenvalue weighted by molar-refractivity contribution is 9.10. The Morgan fingerprint density at radius 1 is 1.45 bits per heavy atom. The molecule has 1 amide bonds. The fourth-order valence-corrected chi connectivity index (χ4v) is 4.05. The first kappa shape index (κ1) is 15.4. The highest BCUT2D eigenvalue weighted by Crippen LogP contribution is 2.33. The number of hydrogen-bond donors (Lipinski definition) is 0. The minimum absolute atomic E-state index is 0.0690. The Morgan fingerprint density at radius 3 is 3.09 bits per heavy atom. The van der Waals surface area contributed by atoms with Crippen molar-refractivity contribution in [1.29, 1.82) is 0 Å². The maximum atomic E-state index is 13.7. The Hall–Kier alpha value is -1.46. The molecule has 2 heterocycles. The number of fused-ring (bicyclic) bond motifs is 1. The summed E-state index contributed by atoms with van der Waals surface area (Å²) in [5, 5.41) is 2.07. The SMILES string of the molecule is CC1c2ccsc2CCN1C(=O)C=Cc1cc(Br)ccc1F. The summed E-state index contributed by atoms with van der Waals surface area (Å²) in [6.45, 7) is 2.75. The molecule has 114 valence electrons. The van der Waals surface area contributed by atoms with Crippen LogP contribution in [0.1, 0.15) is 29.0 Å². The van der Waals surface area contributed by atoms with Gasteiger partial charge in [0.1, 0.15) is 5.82 Å². The van der Waals surface area contributed by atoms with Gasteiger partial charge in [0.2, 0.25) is 5.91 Å². The van der Waals surface area contributed by atoms with E-state index in [0.717, 1.165) is 10.9 Å². The smallest absolute Gasteiger partial charge is 0.247 e. The maximum absolute atomic E-state index is 13.7. The maximum Gasteiger partial charge on any atom is 0.247 e. The van der Waals surface area contributed by atoms with Crippen molar-refractivity contribution in [1.82, 2.24) is 4.90 Å². The molecule has 2 nitrogen and oxygen atoms in total. The Bertz CT molecular complexity index is 740. The Morgan fingerprint density at radius 2 is 2.27 bits per heavy atom. The highest BCUT2D eigenvalue weighted by Gasteiger charge is 2.26. The largest absolute Gasteiger partial charge is 0.332 e. The van der Waals surface area contributed by atoms with E-state index in [0.29, 0.717) is 12.1 Å². The lowest BCUT2D eigenvalue weighted by Gasteiger charge is -2.32. The second kappa shape index (κ2) is 6.34. The molecule has 0 spiro atoms. The fourth-order valence-electron chi connectivity index (χ4n) is 2.71. The monoisotopic (exact) mass is 379 g/mol. The summed E-state index contributed by atoms with van der Waals surface area (Å²) in [5.74, 6) is -0.414. The van der Waals surface area contributed by atoms with Crippen LogP contribution in [0.25, 0.3) is 6.08 Å². The molecule has 1 unspecified atom stereocenters. The minimum Gasteiger partial charge on any atom is -0.332 e. The van der Waals surface area contributed by atoms with Gasteiger partial charge >= 0.3 is 0 Å². The van der Waals surface area contributed by atoms with Crippen LogP contribution >= 0.6 is 27.3 Å². The summed E-state index contributed by atoms with van der Waals surface area (Å²) in [4.78, 5) is 15.6. The van der Waals surface area contributed by atoms with Crippen LogP contribution in [0.3, 0.4) is 0 Å². The zero-order valence-corrected chi connectivity index (χ0v) is 14.5. The summed E-state index contributed by atoms with van der Waals surface area (Å²) in [6, 6.07) is 6.84. The number of amides is 1. The number of rotatable bonds is 2. The quantitative estimate of drug-likeness (QED) is 0.685. The second-order valence-electron chi connectivity index (χ2n) is 5.26. The standard InChI is InChI=1S/C17H15BrFNOS/c1-11-14-7-9-22-16(14)6-8-20(11)17(21)5-2-12-10-13(18)3-4-15(12)19/h2-5,7,9-11H,6,8H2,1H3. The van der Waals surface area contributed by atoms with Crippen molar-refractivity contribution in [3.8, 4) is 0 Å². The molecule has 1 aromatic carbocycles. The van der Waals surface area contributed by atoms with Crippen molar-refractivity contribution in [3.63, 3.8) is 0 Å². The molecular weight excluding hydrogens is 365 g/mol. The second-order valence-corrected chi connectivity index (χ2v) is 7.17. The summed E-state index contributed by atoms with van der Waals surface area (Å²) >= 11 is 5.05. The molecule has 0 fully saturated rings. The molecule has 22 heavy (non-hydrogen) atoms. The molecular formula is C17H15BrFNOS.